The second-order valence-corrected chi connectivity index (χ2v) is 5.98. The van der Waals surface area contributed by atoms with Crippen molar-refractivity contribution in [3.05, 3.63) is 10.6 Å². The Bertz CT molecular complexity index is 399. The highest BCUT2D eigenvalue weighted by Crippen LogP contribution is 2.29. The minimum Gasteiger partial charge on any atom is -0.319 e. The summed E-state index contributed by atoms with van der Waals surface area (Å²) in [7, 11) is 1.86. The van der Waals surface area contributed by atoms with Crippen LogP contribution in [0.4, 0.5) is 5.13 Å². The maximum Gasteiger partial charge on any atom is 0.230 e. The van der Waals surface area contributed by atoms with E-state index in [0.717, 1.165) is 18.0 Å². The van der Waals surface area contributed by atoms with Crippen LogP contribution in [0, 0.1) is 5.92 Å². The minimum absolute atomic E-state index is 0. The number of thiazole rings is 1. The minimum atomic E-state index is -0.0290. The Balaban J connectivity index is 0.00000180. The molecule has 2 rings (SSSR count). The number of carbonyl (C=O) groups is 1. The Morgan fingerprint density at radius 3 is 2.84 bits per heavy atom. The lowest BCUT2D eigenvalue weighted by Gasteiger charge is -2.09. The van der Waals surface area contributed by atoms with E-state index >= 15 is 0 Å². The first kappa shape index (κ1) is 16.4. The molecule has 0 fully saturated rings. The fourth-order valence-electron chi connectivity index (χ4n) is 2.21. The number of aromatic nitrogens is 1. The van der Waals surface area contributed by atoms with Crippen LogP contribution in [0.3, 0.4) is 0 Å². The second-order valence-electron chi connectivity index (χ2n) is 4.90. The van der Waals surface area contributed by atoms with Crippen LogP contribution >= 0.6 is 23.7 Å². The van der Waals surface area contributed by atoms with Gasteiger partial charge in [0.15, 0.2) is 5.13 Å². The van der Waals surface area contributed by atoms with Crippen LogP contribution in [-0.2, 0) is 17.6 Å². The number of hydrogen-bond donors (Lipinski definition) is 2. The van der Waals surface area contributed by atoms with Crippen LogP contribution in [0.1, 0.15) is 36.8 Å². The van der Waals surface area contributed by atoms with E-state index in [1.54, 1.807) is 11.3 Å². The molecule has 1 aromatic heterocycles. The van der Waals surface area contributed by atoms with Gasteiger partial charge in [-0.1, -0.05) is 13.3 Å². The third-order valence-corrected chi connectivity index (χ3v) is 4.36. The normalized spacial score (nSPS) is 15.9. The SMILES string of the molecule is CNCC(C)C(=O)Nc1nc2c(s1)CCCCC2.Cl. The summed E-state index contributed by atoms with van der Waals surface area (Å²) in [6, 6.07) is 0. The number of nitrogens with zero attached hydrogens (tertiary/aromatic N) is 1. The molecule has 0 saturated carbocycles. The lowest BCUT2D eigenvalue weighted by atomic mass is 10.2. The Kier molecular flexibility index (Phi) is 6.75. The van der Waals surface area contributed by atoms with E-state index in [1.165, 1.54) is 29.8 Å². The van der Waals surface area contributed by atoms with Gasteiger partial charge in [-0.3, -0.25) is 4.79 Å². The van der Waals surface area contributed by atoms with E-state index < -0.39 is 0 Å². The molecule has 19 heavy (non-hydrogen) atoms. The topological polar surface area (TPSA) is 54.0 Å². The van der Waals surface area contributed by atoms with Crippen LogP contribution in [0.5, 0.6) is 0 Å². The smallest absolute Gasteiger partial charge is 0.230 e. The maximum absolute atomic E-state index is 11.9. The highest BCUT2D eigenvalue weighted by molar-refractivity contribution is 7.15. The average Bonchev–Trinajstić information content (AvgIpc) is 2.59. The highest BCUT2D eigenvalue weighted by Gasteiger charge is 2.17. The molecule has 6 heteroatoms. The van der Waals surface area contributed by atoms with Crippen molar-refractivity contribution in [2.24, 2.45) is 5.92 Å². The summed E-state index contributed by atoms with van der Waals surface area (Å²) in [4.78, 5) is 17.8. The van der Waals surface area contributed by atoms with E-state index in [1.807, 2.05) is 14.0 Å². The van der Waals surface area contributed by atoms with Crippen molar-refractivity contribution in [2.75, 3.05) is 18.9 Å². The molecule has 1 aliphatic rings. The summed E-state index contributed by atoms with van der Waals surface area (Å²) in [6.45, 7) is 2.61. The van der Waals surface area contributed by atoms with Crippen molar-refractivity contribution in [1.82, 2.24) is 10.3 Å². The number of aryl methyl sites for hydroxylation is 2. The van der Waals surface area contributed by atoms with Gasteiger partial charge < -0.3 is 10.6 Å². The number of carbonyl (C=O) groups excluding carboxylic acids is 1. The largest absolute Gasteiger partial charge is 0.319 e. The molecule has 4 nitrogen and oxygen atoms in total. The number of nitrogens with one attached hydrogen (secondary N) is 2. The van der Waals surface area contributed by atoms with Gasteiger partial charge in [-0.2, -0.15) is 0 Å². The van der Waals surface area contributed by atoms with Gasteiger partial charge in [-0.05, 0) is 32.7 Å². The summed E-state index contributed by atoms with van der Waals surface area (Å²) >= 11 is 1.65. The molecule has 2 N–H and O–H groups in total. The van der Waals surface area contributed by atoms with Crippen molar-refractivity contribution in [1.29, 1.82) is 0 Å². The lowest BCUT2D eigenvalue weighted by molar-refractivity contribution is -0.119. The molecule has 0 bridgehead atoms. The van der Waals surface area contributed by atoms with Gasteiger partial charge in [-0.15, -0.1) is 23.7 Å². The van der Waals surface area contributed by atoms with Crippen LogP contribution in [0.2, 0.25) is 0 Å². The molecule has 1 atom stereocenters. The Morgan fingerprint density at radius 1 is 1.37 bits per heavy atom. The van der Waals surface area contributed by atoms with Crippen LogP contribution in [0.15, 0.2) is 0 Å². The standard InChI is InChI=1S/C13H21N3OS.ClH/c1-9(8-14-2)12(17)16-13-15-10-6-4-3-5-7-11(10)18-13;/h9,14H,3-8H2,1-2H3,(H,15,16,17);1H. The molecule has 0 radical (unpaired) electrons. The van der Waals surface area contributed by atoms with Gasteiger partial charge in [0.1, 0.15) is 0 Å². The first-order chi connectivity index (χ1) is 8.70. The molecule has 1 heterocycles. The van der Waals surface area contributed by atoms with Crippen molar-refractivity contribution in [3.63, 3.8) is 0 Å². The predicted molar refractivity (Wildman–Crippen MR) is 82.3 cm³/mol. The molecule has 0 saturated heterocycles. The summed E-state index contributed by atoms with van der Waals surface area (Å²) in [5.74, 6) is 0.0203. The van der Waals surface area contributed by atoms with Gasteiger partial charge in [0, 0.05) is 17.3 Å². The summed E-state index contributed by atoms with van der Waals surface area (Å²) in [5, 5.41) is 6.72. The summed E-state index contributed by atoms with van der Waals surface area (Å²) in [6.07, 6.45) is 5.95. The number of fused-ring (bicyclic) bond motifs is 1. The summed E-state index contributed by atoms with van der Waals surface area (Å²) in [5.41, 5.74) is 1.20. The average molecular weight is 304 g/mol. The highest BCUT2D eigenvalue weighted by atomic mass is 35.5. The predicted octanol–water partition coefficient (Wildman–Crippen LogP) is 2.63. The molecule has 108 valence electrons. The van der Waals surface area contributed by atoms with E-state index in [9.17, 15) is 4.79 Å². The first-order valence-electron chi connectivity index (χ1n) is 6.64. The number of halogens is 1. The molecule has 0 aliphatic heterocycles. The van der Waals surface area contributed by atoms with Gasteiger partial charge in [0.2, 0.25) is 5.91 Å². The van der Waals surface area contributed by atoms with E-state index in [-0.39, 0.29) is 24.2 Å². The van der Waals surface area contributed by atoms with Crippen LogP contribution in [-0.4, -0.2) is 24.5 Å². The fourth-order valence-corrected chi connectivity index (χ4v) is 3.26. The molecular formula is C13H22ClN3OS. The van der Waals surface area contributed by atoms with E-state index in [2.05, 4.69) is 15.6 Å². The molecule has 0 spiro atoms. The molecule has 1 aliphatic carbocycles. The monoisotopic (exact) mass is 303 g/mol. The molecular weight excluding hydrogens is 282 g/mol. The van der Waals surface area contributed by atoms with Crippen molar-refractivity contribution >= 4 is 34.8 Å². The third kappa shape index (κ3) is 4.44. The number of amides is 1. The van der Waals surface area contributed by atoms with Gasteiger partial charge in [0.25, 0.3) is 0 Å². The Morgan fingerprint density at radius 2 is 2.11 bits per heavy atom. The van der Waals surface area contributed by atoms with Crippen LogP contribution < -0.4 is 10.6 Å². The summed E-state index contributed by atoms with van der Waals surface area (Å²) < 4.78 is 0. The number of hydrogen-bond acceptors (Lipinski definition) is 4. The zero-order chi connectivity index (χ0) is 13.0. The van der Waals surface area contributed by atoms with Gasteiger partial charge in [-0.25, -0.2) is 4.98 Å². The van der Waals surface area contributed by atoms with Gasteiger partial charge >= 0.3 is 0 Å². The molecule has 1 aromatic rings. The quantitative estimate of drug-likeness (QED) is 0.841. The number of anilines is 1. The van der Waals surface area contributed by atoms with Crippen molar-refractivity contribution < 1.29 is 4.79 Å². The zero-order valence-corrected chi connectivity index (χ0v) is 13.1. The molecule has 0 aromatic carbocycles. The number of rotatable bonds is 4. The van der Waals surface area contributed by atoms with Gasteiger partial charge in [0.05, 0.1) is 5.69 Å². The van der Waals surface area contributed by atoms with E-state index in [4.69, 9.17) is 0 Å². The third-order valence-electron chi connectivity index (χ3n) is 3.28. The molecule has 1 unspecified atom stereocenters. The Labute approximate surface area is 124 Å². The van der Waals surface area contributed by atoms with Crippen molar-refractivity contribution in [3.8, 4) is 0 Å². The lowest BCUT2D eigenvalue weighted by Crippen LogP contribution is -2.28. The Hall–Kier alpha value is -0.650. The zero-order valence-electron chi connectivity index (χ0n) is 11.5. The van der Waals surface area contributed by atoms with Crippen LogP contribution in [0.25, 0.3) is 0 Å². The van der Waals surface area contributed by atoms with E-state index in [0.29, 0.717) is 6.54 Å². The molecule has 1 amide bonds. The first-order valence-corrected chi connectivity index (χ1v) is 7.46. The second kappa shape index (κ2) is 7.82. The van der Waals surface area contributed by atoms with Crippen molar-refractivity contribution in [2.45, 2.75) is 39.0 Å². The maximum atomic E-state index is 11.9. The fraction of sp³-hybridized carbons (Fsp3) is 0.692.